The zero-order valence-electron chi connectivity index (χ0n) is 20.2. The minimum absolute atomic E-state index is 0.0324. The van der Waals surface area contributed by atoms with Crippen LogP contribution in [0.25, 0.3) is 0 Å². The molecule has 0 bridgehead atoms. The highest BCUT2D eigenvalue weighted by Gasteiger charge is 2.62. The van der Waals surface area contributed by atoms with Crippen molar-refractivity contribution in [2.24, 2.45) is 17.3 Å². The molecule has 2 nitrogen and oxygen atoms in total. The van der Waals surface area contributed by atoms with Gasteiger partial charge in [-0.1, -0.05) is 37.6 Å². The van der Waals surface area contributed by atoms with Crippen molar-refractivity contribution in [1.29, 1.82) is 0 Å². The van der Waals surface area contributed by atoms with E-state index in [0.717, 1.165) is 19.3 Å². The first-order valence-electron chi connectivity index (χ1n) is 13.5. The van der Waals surface area contributed by atoms with E-state index in [1.165, 1.54) is 75.7 Å². The minimum Gasteiger partial charge on any atom is -0.389 e. The first kappa shape index (κ1) is 21.0. The predicted molar refractivity (Wildman–Crippen MR) is 133 cm³/mol. The van der Waals surface area contributed by atoms with Crippen molar-refractivity contribution in [3.8, 4) is 0 Å². The van der Waals surface area contributed by atoms with Crippen LogP contribution in [0.3, 0.4) is 0 Å². The molecule has 1 aromatic rings. The lowest BCUT2D eigenvalue weighted by Gasteiger charge is -2.55. The van der Waals surface area contributed by atoms with Crippen molar-refractivity contribution < 1.29 is 5.11 Å². The number of nitrogens with zero attached hydrogens (tertiary/aromatic N) is 1. The van der Waals surface area contributed by atoms with Gasteiger partial charge in [-0.25, -0.2) is 0 Å². The monoisotopic (exact) mass is 431 g/mol. The minimum atomic E-state index is -0.496. The van der Waals surface area contributed by atoms with Crippen LogP contribution in [0.15, 0.2) is 47.1 Å². The summed E-state index contributed by atoms with van der Waals surface area (Å²) in [5.74, 6) is 1.79. The summed E-state index contributed by atoms with van der Waals surface area (Å²) < 4.78 is 0. The van der Waals surface area contributed by atoms with E-state index in [0.29, 0.717) is 17.8 Å². The highest BCUT2D eigenvalue weighted by atomic mass is 16.3. The van der Waals surface area contributed by atoms with Crippen molar-refractivity contribution in [2.45, 2.75) is 96.0 Å². The second-order valence-electron chi connectivity index (χ2n) is 11.7. The molecule has 4 aliphatic carbocycles. The number of aliphatic hydroxyl groups is 1. The van der Waals surface area contributed by atoms with Crippen LogP contribution in [0.1, 0.15) is 96.0 Å². The number of fused-ring (bicyclic) bond motifs is 4. The van der Waals surface area contributed by atoms with Crippen LogP contribution in [0, 0.1) is 17.3 Å². The normalized spacial score (nSPS) is 38.9. The van der Waals surface area contributed by atoms with Crippen LogP contribution in [-0.4, -0.2) is 23.8 Å². The molecule has 0 aromatic heterocycles. The van der Waals surface area contributed by atoms with E-state index in [9.17, 15) is 5.11 Å². The smallest absolute Gasteiger partial charge is 0.0701 e. The summed E-state index contributed by atoms with van der Waals surface area (Å²) in [5.41, 5.74) is 7.63. The summed E-state index contributed by atoms with van der Waals surface area (Å²) in [4.78, 5) is 2.54. The molecule has 1 N–H and O–H groups in total. The van der Waals surface area contributed by atoms with Crippen LogP contribution < -0.4 is 4.90 Å². The Hall–Kier alpha value is -1.54. The lowest BCUT2D eigenvalue weighted by Crippen LogP contribution is -2.51. The molecule has 1 saturated heterocycles. The fraction of sp³-hybridized carbons (Fsp3) is 0.667. The molecule has 1 aliphatic heterocycles. The molecule has 2 saturated carbocycles. The number of allylic oxidation sites excluding steroid dienone is 4. The fourth-order valence-electron chi connectivity index (χ4n) is 8.63. The third-order valence-corrected chi connectivity index (χ3v) is 10.5. The Labute approximate surface area is 194 Å². The quantitative estimate of drug-likeness (QED) is 0.549. The fourth-order valence-corrected chi connectivity index (χ4v) is 8.63. The summed E-state index contributed by atoms with van der Waals surface area (Å²) in [6, 6.07) is 9.65. The van der Waals surface area contributed by atoms with Gasteiger partial charge < -0.3 is 10.0 Å². The van der Waals surface area contributed by atoms with Gasteiger partial charge in [-0.15, -0.1) is 0 Å². The van der Waals surface area contributed by atoms with Gasteiger partial charge in [0.05, 0.1) is 5.60 Å². The maximum Gasteiger partial charge on any atom is 0.0701 e. The number of hydrogen-bond donors (Lipinski definition) is 1. The van der Waals surface area contributed by atoms with Gasteiger partial charge in [-0.2, -0.15) is 0 Å². The number of anilines is 1. The van der Waals surface area contributed by atoms with Crippen LogP contribution in [0.2, 0.25) is 0 Å². The molecule has 0 radical (unpaired) electrons. The molecule has 32 heavy (non-hydrogen) atoms. The summed E-state index contributed by atoms with van der Waals surface area (Å²) in [6.45, 7) is 7.08. The average Bonchev–Trinajstić information content (AvgIpc) is 3.46. The van der Waals surface area contributed by atoms with E-state index in [4.69, 9.17) is 0 Å². The first-order valence-corrected chi connectivity index (χ1v) is 13.5. The molecule has 1 heterocycles. The van der Waals surface area contributed by atoms with Crippen molar-refractivity contribution in [3.63, 3.8) is 0 Å². The molecule has 3 fully saturated rings. The van der Waals surface area contributed by atoms with Gasteiger partial charge in [0.1, 0.15) is 0 Å². The van der Waals surface area contributed by atoms with Gasteiger partial charge >= 0.3 is 0 Å². The molecule has 0 spiro atoms. The number of benzene rings is 1. The maximum absolute atomic E-state index is 11.8. The van der Waals surface area contributed by atoms with Crippen molar-refractivity contribution in [3.05, 3.63) is 52.6 Å². The third kappa shape index (κ3) is 3.01. The molecule has 2 heteroatoms. The average molecular weight is 432 g/mol. The molecular weight excluding hydrogens is 390 g/mol. The molecule has 5 aliphatic rings. The molecule has 5 atom stereocenters. The van der Waals surface area contributed by atoms with Gasteiger partial charge in [0.15, 0.2) is 0 Å². The van der Waals surface area contributed by atoms with Gasteiger partial charge in [0.2, 0.25) is 0 Å². The molecule has 0 amide bonds. The van der Waals surface area contributed by atoms with Gasteiger partial charge in [0, 0.05) is 30.1 Å². The Balaban J connectivity index is 1.44. The van der Waals surface area contributed by atoms with Gasteiger partial charge in [-0.05, 0) is 111 Å². The molecule has 172 valence electrons. The zero-order valence-corrected chi connectivity index (χ0v) is 20.2. The van der Waals surface area contributed by atoms with Gasteiger partial charge in [0.25, 0.3) is 0 Å². The second-order valence-corrected chi connectivity index (χ2v) is 11.7. The third-order valence-electron chi connectivity index (χ3n) is 10.5. The molecule has 6 rings (SSSR count). The Kier molecular flexibility index (Phi) is 5.10. The van der Waals surface area contributed by atoms with E-state index in [-0.39, 0.29) is 5.41 Å². The lowest BCUT2D eigenvalue weighted by molar-refractivity contribution is -0.0948. The Bertz CT molecular complexity index is 936. The standard InChI is InChI=1S/C30H41NO/c1-3-30(32)17-16-27-25-15-12-21-8-4-5-9-24(21)28(25)26(20-29(27,30)2)22-10-13-23(14-11-22)31-18-6-7-19-31/h8,10-11,13-14,25-27,32H,3-7,9,12,15-20H2,1-2H3/t25-,26?,27-,29-,30+/m0/s1. The van der Waals surface area contributed by atoms with Crippen molar-refractivity contribution in [2.75, 3.05) is 18.0 Å². The summed E-state index contributed by atoms with van der Waals surface area (Å²) in [7, 11) is 0. The van der Waals surface area contributed by atoms with Crippen LogP contribution in [0.5, 0.6) is 0 Å². The highest BCUT2D eigenvalue weighted by molar-refractivity contribution is 5.52. The van der Waals surface area contributed by atoms with E-state index < -0.39 is 5.60 Å². The van der Waals surface area contributed by atoms with E-state index in [1.807, 2.05) is 0 Å². The van der Waals surface area contributed by atoms with Gasteiger partial charge in [-0.3, -0.25) is 0 Å². The summed E-state index contributed by atoms with van der Waals surface area (Å²) >= 11 is 0. The maximum atomic E-state index is 11.8. The van der Waals surface area contributed by atoms with E-state index in [1.54, 1.807) is 16.7 Å². The SMILES string of the molecule is CC[C@@]1(O)CC[C@H]2[C@@H]3CCC4=CCCCC4=C3C(c3ccc(N4CCCC4)cc3)C[C@@]21C. The first-order chi connectivity index (χ1) is 15.5. The summed E-state index contributed by atoms with van der Waals surface area (Å²) in [6.07, 6.45) is 15.8. The highest BCUT2D eigenvalue weighted by Crippen LogP contribution is 2.67. The van der Waals surface area contributed by atoms with E-state index in [2.05, 4.69) is 49.1 Å². The Morgan fingerprint density at radius 1 is 1.03 bits per heavy atom. The largest absolute Gasteiger partial charge is 0.389 e. The van der Waals surface area contributed by atoms with Crippen LogP contribution in [-0.2, 0) is 0 Å². The summed E-state index contributed by atoms with van der Waals surface area (Å²) in [5, 5.41) is 11.8. The Morgan fingerprint density at radius 2 is 1.81 bits per heavy atom. The number of rotatable bonds is 3. The van der Waals surface area contributed by atoms with Crippen LogP contribution in [0.4, 0.5) is 5.69 Å². The second kappa shape index (κ2) is 7.76. The lowest BCUT2D eigenvalue weighted by atomic mass is 9.51. The molecular formula is C30H41NO. The Morgan fingerprint density at radius 3 is 2.56 bits per heavy atom. The predicted octanol–water partition coefficient (Wildman–Crippen LogP) is 7.15. The molecule has 1 unspecified atom stereocenters. The molecule has 1 aromatic carbocycles. The topological polar surface area (TPSA) is 23.5 Å². The number of hydrogen-bond acceptors (Lipinski definition) is 2. The van der Waals surface area contributed by atoms with Crippen molar-refractivity contribution in [1.82, 2.24) is 0 Å². The van der Waals surface area contributed by atoms with Crippen molar-refractivity contribution >= 4 is 5.69 Å². The van der Waals surface area contributed by atoms with E-state index >= 15 is 0 Å². The van der Waals surface area contributed by atoms with Crippen LogP contribution >= 0.6 is 0 Å². The zero-order chi connectivity index (χ0) is 21.9.